The number of hydrogen-bond acceptors (Lipinski definition) is 2. The van der Waals surface area contributed by atoms with Crippen LogP contribution in [-0.4, -0.2) is 19.1 Å². The van der Waals surface area contributed by atoms with Crippen molar-refractivity contribution in [3.63, 3.8) is 0 Å². The van der Waals surface area contributed by atoms with Crippen LogP contribution in [0.1, 0.15) is 44.6 Å². The van der Waals surface area contributed by atoms with Gasteiger partial charge in [-0.25, -0.2) is 0 Å². The van der Waals surface area contributed by atoms with Gasteiger partial charge in [-0.15, -0.1) is 0 Å². The molecule has 1 aromatic carbocycles. The molecule has 112 valence electrons. The molecular formula is C16H24BrNO2. The van der Waals surface area contributed by atoms with Gasteiger partial charge >= 0.3 is 0 Å². The van der Waals surface area contributed by atoms with E-state index in [0.717, 1.165) is 29.6 Å². The third-order valence-electron chi connectivity index (χ3n) is 3.00. The van der Waals surface area contributed by atoms with E-state index in [4.69, 9.17) is 4.74 Å². The molecule has 1 aromatic rings. The second-order valence-corrected chi connectivity index (χ2v) is 5.80. The first-order chi connectivity index (χ1) is 9.63. The largest absolute Gasteiger partial charge is 0.492 e. The Morgan fingerprint density at radius 3 is 2.80 bits per heavy atom. The van der Waals surface area contributed by atoms with Crippen LogP contribution < -0.4 is 10.1 Å². The lowest BCUT2D eigenvalue weighted by atomic mass is 10.2. The summed E-state index contributed by atoms with van der Waals surface area (Å²) in [4.78, 5) is 11.6. The summed E-state index contributed by atoms with van der Waals surface area (Å²) in [6.45, 7) is 5.54. The number of rotatable bonds is 9. The number of benzene rings is 1. The van der Waals surface area contributed by atoms with Gasteiger partial charge in [0.05, 0.1) is 11.1 Å². The van der Waals surface area contributed by atoms with Gasteiger partial charge in [0, 0.05) is 13.0 Å². The number of carbonyl (C=O) groups excluding carboxylic acids is 1. The zero-order valence-corrected chi connectivity index (χ0v) is 14.0. The molecule has 20 heavy (non-hydrogen) atoms. The number of halogens is 1. The van der Waals surface area contributed by atoms with E-state index in [1.807, 2.05) is 25.1 Å². The fraction of sp³-hybridized carbons (Fsp3) is 0.562. The van der Waals surface area contributed by atoms with Gasteiger partial charge in [0.25, 0.3) is 0 Å². The Morgan fingerprint density at radius 1 is 1.30 bits per heavy atom. The number of ether oxygens (including phenoxy) is 1. The molecule has 0 aliphatic carbocycles. The lowest BCUT2D eigenvalue weighted by molar-refractivity contribution is -0.121. The van der Waals surface area contributed by atoms with E-state index in [9.17, 15) is 4.79 Å². The maximum absolute atomic E-state index is 11.6. The van der Waals surface area contributed by atoms with E-state index >= 15 is 0 Å². The number of aryl methyl sites for hydroxylation is 1. The van der Waals surface area contributed by atoms with Crippen molar-refractivity contribution in [1.29, 1.82) is 0 Å². The van der Waals surface area contributed by atoms with Gasteiger partial charge in [-0.2, -0.15) is 0 Å². The molecule has 0 atom stereocenters. The van der Waals surface area contributed by atoms with Gasteiger partial charge in [0.15, 0.2) is 0 Å². The molecule has 0 aliphatic rings. The van der Waals surface area contributed by atoms with Gasteiger partial charge < -0.3 is 10.1 Å². The number of nitrogens with one attached hydrogen (secondary N) is 1. The Labute approximate surface area is 130 Å². The molecule has 0 bridgehead atoms. The predicted molar refractivity (Wildman–Crippen MR) is 86.1 cm³/mol. The van der Waals surface area contributed by atoms with Crippen LogP contribution in [0.3, 0.4) is 0 Å². The lowest BCUT2D eigenvalue weighted by Crippen LogP contribution is -2.24. The molecule has 1 rings (SSSR count). The minimum atomic E-state index is 0.118. The molecule has 1 N–H and O–H groups in total. The molecule has 0 unspecified atom stereocenters. The highest BCUT2D eigenvalue weighted by molar-refractivity contribution is 9.10. The zero-order chi connectivity index (χ0) is 14.8. The monoisotopic (exact) mass is 341 g/mol. The minimum absolute atomic E-state index is 0.118. The van der Waals surface area contributed by atoms with Crippen molar-refractivity contribution >= 4 is 21.8 Å². The highest BCUT2D eigenvalue weighted by Crippen LogP contribution is 2.25. The fourth-order valence-corrected chi connectivity index (χ4v) is 2.44. The first-order valence-corrected chi connectivity index (χ1v) is 8.08. The maximum Gasteiger partial charge on any atom is 0.220 e. The summed E-state index contributed by atoms with van der Waals surface area (Å²) in [6.07, 6.45) is 4.67. The van der Waals surface area contributed by atoms with Crippen molar-refractivity contribution < 1.29 is 9.53 Å². The molecule has 0 spiro atoms. The Bertz CT molecular complexity index is 421. The van der Waals surface area contributed by atoms with Crippen molar-refractivity contribution in [2.75, 3.05) is 13.2 Å². The third kappa shape index (κ3) is 6.94. The number of hydrogen-bond donors (Lipinski definition) is 1. The first kappa shape index (κ1) is 17.0. The standard InChI is InChI=1S/C16H24BrNO2/c1-3-4-5-10-18-16(19)7-6-11-20-15-9-8-13(2)12-14(15)17/h8-9,12H,3-7,10-11H2,1-2H3,(H,18,19). The quantitative estimate of drug-likeness (QED) is 0.682. The van der Waals surface area contributed by atoms with Crippen molar-refractivity contribution in [3.05, 3.63) is 28.2 Å². The number of unbranched alkanes of at least 4 members (excludes halogenated alkanes) is 2. The van der Waals surface area contributed by atoms with E-state index < -0.39 is 0 Å². The molecule has 0 aromatic heterocycles. The molecule has 4 heteroatoms. The zero-order valence-electron chi connectivity index (χ0n) is 12.4. The molecule has 0 saturated heterocycles. The van der Waals surface area contributed by atoms with Crippen molar-refractivity contribution in [2.24, 2.45) is 0 Å². The highest BCUT2D eigenvalue weighted by Gasteiger charge is 2.03. The van der Waals surface area contributed by atoms with Crippen LogP contribution in [0.2, 0.25) is 0 Å². The number of carbonyl (C=O) groups is 1. The third-order valence-corrected chi connectivity index (χ3v) is 3.62. The average molecular weight is 342 g/mol. The van der Waals surface area contributed by atoms with Crippen LogP contribution in [0.15, 0.2) is 22.7 Å². The summed E-state index contributed by atoms with van der Waals surface area (Å²) in [5, 5.41) is 2.93. The average Bonchev–Trinajstić information content (AvgIpc) is 2.41. The van der Waals surface area contributed by atoms with Crippen molar-refractivity contribution in [1.82, 2.24) is 5.32 Å². The summed E-state index contributed by atoms with van der Waals surface area (Å²) in [7, 11) is 0. The Kier molecular flexibility index (Phi) is 8.35. The summed E-state index contributed by atoms with van der Waals surface area (Å²) in [5.41, 5.74) is 1.19. The Morgan fingerprint density at radius 2 is 2.10 bits per heavy atom. The summed E-state index contributed by atoms with van der Waals surface area (Å²) in [6, 6.07) is 5.99. The van der Waals surface area contributed by atoms with Gasteiger partial charge in [0.2, 0.25) is 5.91 Å². The number of amides is 1. The van der Waals surface area contributed by atoms with E-state index in [0.29, 0.717) is 13.0 Å². The molecule has 0 radical (unpaired) electrons. The van der Waals surface area contributed by atoms with E-state index in [1.165, 1.54) is 18.4 Å². The van der Waals surface area contributed by atoms with Gasteiger partial charge in [0.1, 0.15) is 5.75 Å². The van der Waals surface area contributed by atoms with Crippen LogP contribution in [0.5, 0.6) is 5.75 Å². The van der Waals surface area contributed by atoms with Gasteiger partial charge in [-0.3, -0.25) is 4.79 Å². The van der Waals surface area contributed by atoms with Crippen LogP contribution in [0, 0.1) is 6.92 Å². The second kappa shape index (κ2) is 9.81. The van der Waals surface area contributed by atoms with E-state index in [2.05, 4.69) is 28.2 Å². The smallest absolute Gasteiger partial charge is 0.220 e. The summed E-state index contributed by atoms with van der Waals surface area (Å²) < 4.78 is 6.62. The topological polar surface area (TPSA) is 38.3 Å². The van der Waals surface area contributed by atoms with E-state index in [1.54, 1.807) is 0 Å². The van der Waals surface area contributed by atoms with Crippen molar-refractivity contribution in [3.8, 4) is 5.75 Å². The molecule has 0 heterocycles. The lowest BCUT2D eigenvalue weighted by Gasteiger charge is -2.09. The van der Waals surface area contributed by atoms with Gasteiger partial charge in [-0.1, -0.05) is 25.8 Å². The highest BCUT2D eigenvalue weighted by atomic mass is 79.9. The Hall–Kier alpha value is -1.03. The Balaban J connectivity index is 2.13. The summed E-state index contributed by atoms with van der Waals surface area (Å²) >= 11 is 3.47. The van der Waals surface area contributed by atoms with Crippen molar-refractivity contribution in [2.45, 2.75) is 46.0 Å². The molecule has 1 amide bonds. The normalized spacial score (nSPS) is 10.3. The molecule has 3 nitrogen and oxygen atoms in total. The SMILES string of the molecule is CCCCCNC(=O)CCCOc1ccc(C)cc1Br. The summed E-state index contributed by atoms with van der Waals surface area (Å²) in [5.74, 6) is 0.951. The molecule has 0 saturated carbocycles. The maximum atomic E-state index is 11.6. The molecule has 0 fully saturated rings. The van der Waals surface area contributed by atoms with Crippen LogP contribution in [-0.2, 0) is 4.79 Å². The minimum Gasteiger partial charge on any atom is -0.492 e. The molecule has 0 aliphatic heterocycles. The first-order valence-electron chi connectivity index (χ1n) is 7.29. The van der Waals surface area contributed by atoms with Crippen LogP contribution >= 0.6 is 15.9 Å². The predicted octanol–water partition coefficient (Wildman–Crippen LogP) is 4.22. The van der Waals surface area contributed by atoms with Gasteiger partial charge in [-0.05, 0) is 53.4 Å². The van der Waals surface area contributed by atoms with Crippen LogP contribution in [0.4, 0.5) is 0 Å². The van der Waals surface area contributed by atoms with E-state index in [-0.39, 0.29) is 5.91 Å². The molecular weight excluding hydrogens is 318 g/mol. The fourth-order valence-electron chi connectivity index (χ4n) is 1.83. The van der Waals surface area contributed by atoms with Crippen LogP contribution in [0.25, 0.3) is 0 Å². The second-order valence-electron chi connectivity index (χ2n) is 4.94.